The second kappa shape index (κ2) is 21.0. The molecule has 0 saturated heterocycles. The van der Waals surface area contributed by atoms with Crippen molar-refractivity contribution in [3.05, 3.63) is 142 Å². The molecule has 0 amide bonds. The average molecular weight is 1020 g/mol. The average Bonchev–Trinajstić information content (AvgIpc) is 3.12. The molecule has 368 valence electrons. The summed E-state index contributed by atoms with van der Waals surface area (Å²) in [5.74, 6) is 0. The van der Waals surface area contributed by atoms with E-state index in [0.717, 1.165) is 0 Å². The van der Waals surface area contributed by atoms with E-state index in [1.165, 1.54) is 76.3 Å². The maximum absolute atomic E-state index is 2.59. The molecule has 0 spiro atoms. The van der Waals surface area contributed by atoms with Crippen molar-refractivity contribution in [3.8, 4) is 0 Å². The van der Waals surface area contributed by atoms with Gasteiger partial charge in [-0.1, -0.05) is 263 Å². The summed E-state index contributed by atoms with van der Waals surface area (Å²) in [6.07, 6.45) is 0. The van der Waals surface area contributed by atoms with E-state index in [9.17, 15) is 0 Å². The minimum absolute atomic E-state index is 0. The Bertz CT molecular complexity index is 2020. The zero-order chi connectivity index (χ0) is 48.6. The van der Waals surface area contributed by atoms with Gasteiger partial charge in [0, 0.05) is 0 Å². The van der Waals surface area contributed by atoms with Crippen molar-refractivity contribution in [1.29, 1.82) is 0 Å². The predicted octanol–water partition coefficient (Wildman–Crippen LogP) is 9.59. The summed E-state index contributed by atoms with van der Waals surface area (Å²) >= 11 is 0. The first-order valence-corrected chi connectivity index (χ1v) is 26.8. The molecule has 0 radical (unpaired) electrons. The van der Waals surface area contributed by atoms with Crippen LogP contribution < -0.4 is 56.6 Å². The van der Waals surface area contributed by atoms with E-state index in [-0.39, 0.29) is 85.2 Å². The van der Waals surface area contributed by atoms with Gasteiger partial charge in [0.25, 0.3) is 0 Å². The largest absolute Gasteiger partial charge is 2.00 e. The summed E-state index contributed by atoms with van der Waals surface area (Å²) in [5, 5.41) is 8.71. The molecule has 67 heavy (non-hydrogen) atoms. The van der Waals surface area contributed by atoms with Crippen LogP contribution in [0, 0.1) is 0 Å². The Morgan fingerprint density at radius 1 is 0.239 bits per heavy atom. The molecule has 0 aliphatic rings. The van der Waals surface area contributed by atoms with Crippen molar-refractivity contribution < 1.29 is 41.9 Å². The minimum Gasteiger partial charge on any atom is -1.00 e. The topological polar surface area (TPSA) is 0 Å². The van der Waals surface area contributed by atoms with Gasteiger partial charge in [-0.3, -0.25) is 0 Å². The monoisotopic (exact) mass is 1020 g/mol. The van der Waals surface area contributed by atoms with Crippen LogP contribution in [0.4, 0.5) is 0 Å². The van der Waals surface area contributed by atoms with Crippen molar-refractivity contribution in [3.63, 3.8) is 0 Å². The molecule has 0 aliphatic heterocycles. The number of hydrogen-bond acceptors (Lipinski definition) is 0. The zero-order valence-corrected chi connectivity index (χ0v) is 50.6. The standard InChI is InChI=1S/C62H88P2.2ClH.Fe/c1-55(2,3)41-29-42(56(4,5)6)34-49(33-41)63(50-35-43(57(7,8)9)30-44(36-50)58(10,11)12)53-27-25-26-28-54(53)64(51-37-45(59(13,14)15)31-46(38-51)60(16,17)18)52-39-47(61(19,20)21)32-48(40-52)62(22,23)24;;;/h25-40H,1-24H3;2*1H;/q;;;+2/p-2. The Morgan fingerprint density at radius 2 is 0.373 bits per heavy atom. The molecule has 5 rings (SSSR count). The normalized spacial score (nSPS) is 13.3. The summed E-state index contributed by atoms with van der Waals surface area (Å²) in [6.45, 7) is 57.2. The summed E-state index contributed by atoms with van der Waals surface area (Å²) in [4.78, 5) is 0. The summed E-state index contributed by atoms with van der Waals surface area (Å²) in [5.41, 5.74) is 11.2. The van der Waals surface area contributed by atoms with Gasteiger partial charge in [0.2, 0.25) is 0 Å². The maximum atomic E-state index is 2.59. The third-order valence-corrected chi connectivity index (χ3v) is 18.0. The van der Waals surface area contributed by atoms with Crippen LogP contribution in [0.25, 0.3) is 0 Å². The van der Waals surface area contributed by atoms with Gasteiger partial charge in [0.05, 0.1) is 0 Å². The Labute approximate surface area is 437 Å². The number of benzene rings is 5. The maximum Gasteiger partial charge on any atom is 2.00 e. The molecule has 0 bridgehead atoms. The smallest absolute Gasteiger partial charge is 1.00 e. The molecule has 0 unspecified atom stereocenters. The van der Waals surface area contributed by atoms with Crippen molar-refractivity contribution in [1.82, 2.24) is 0 Å². The molecular weight excluding hydrogens is 933 g/mol. The van der Waals surface area contributed by atoms with Gasteiger partial charge in [-0.2, -0.15) is 0 Å². The van der Waals surface area contributed by atoms with Crippen LogP contribution in [-0.4, -0.2) is 0 Å². The molecule has 0 aromatic heterocycles. The third kappa shape index (κ3) is 14.8. The van der Waals surface area contributed by atoms with E-state index in [2.05, 4.69) is 263 Å². The van der Waals surface area contributed by atoms with E-state index in [0.29, 0.717) is 0 Å². The quantitative estimate of drug-likeness (QED) is 0.118. The van der Waals surface area contributed by atoms with E-state index >= 15 is 0 Å². The van der Waals surface area contributed by atoms with Gasteiger partial charge in [-0.25, -0.2) is 0 Å². The van der Waals surface area contributed by atoms with Crippen LogP contribution >= 0.6 is 15.8 Å². The molecule has 0 atom stereocenters. The minimum atomic E-state index is -1.04. The van der Waals surface area contributed by atoms with Crippen molar-refractivity contribution >= 4 is 47.7 Å². The first-order valence-electron chi connectivity index (χ1n) is 24.1. The van der Waals surface area contributed by atoms with Crippen LogP contribution in [0.3, 0.4) is 0 Å². The second-order valence-corrected chi connectivity index (χ2v) is 31.6. The molecule has 5 heteroatoms. The van der Waals surface area contributed by atoms with Gasteiger partial charge in [0.15, 0.2) is 0 Å². The summed E-state index contributed by atoms with van der Waals surface area (Å²) in [7, 11) is -2.08. The molecule has 0 fully saturated rings. The van der Waals surface area contributed by atoms with Crippen LogP contribution in [-0.2, 0) is 60.4 Å². The van der Waals surface area contributed by atoms with Gasteiger partial charge < -0.3 is 24.8 Å². The molecule has 5 aromatic carbocycles. The second-order valence-electron chi connectivity index (χ2n) is 27.2. The molecule has 0 heterocycles. The van der Waals surface area contributed by atoms with Gasteiger partial charge >= 0.3 is 17.1 Å². The Morgan fingerprint density at radius 3 is 0.493 bits per heavy atom. The molecule has 5 aromatic rings. The fourth-order valence-corrected chi connectivity index (χ4v) is 13.7. The van der Waals surface area contributed by atoms with Gasteiger partial charge in [-0.15, -0.1) is 0 Å². The molecule has 0 N–H and O–H groups in total. The fourth-order valence-electron chi connectivity index (χ4n) is 8.12. The fraction of sp³-hybridized carbons (Fsp3) is 0.516. The Balaban J connectivity index is 0.00000514. The van der Waals surface area contributed by atoms with E-state index in [4.69, 9.17) is 0 Å². The van der Waals surface area contributed by atoms with Crippen molar-refractivity contribution in [2.45, 2.75) is 209 Å². The number of halogens is 2. The zero-order valence-electron chi connectivity index (χ0n) is 46.2. The van der Waals surface area contributed by atoms with Crippen molar-refractivity contribution in [2.75, 3.05) is 0 Å². The Kier molecular flexibility index (Phi) is 19.2. The van der Waals surface area contributed by atoms with E-state index in [1.807, 2.05) is 0 Å². The summed E-state index contributed by atoms with van der Waals surface area (Å²) < 4.78 is 0. The van der Waals surface area contributed by atoms with E-state index < -0.39 is 15.8 Å². The first kappa shape index (κ1) is 61.2. The summed E-state index contributed by atoms with van der Waals surface area (Å²) in [6, 6.07) is 40.5. The van der Waals surface area contributed by atoms with Gasteiger partial charge in [-0.05, 0) is 135 Å². The van der Waals surface area contributed by atoms with E-state index in [1.54, 1.807) is 0 Å². The molecular formula is C62H88Cl2FeP2. The van der Waals surface area contributed by atoms with Crippen LogP contribution in [0.2, 0.25) is 0 Å². The molecule has 0 nitrogen and oxygen atoms in total. The van der Waals surface area contributed by atoms with Crippen molar-refractivity contribution in [2.24, 2.45) is 0 Å². The first-order chi connectivity index (χ1) is 28.8. The molecule has 0 saturated carbocycles. The third-order valence-electron chi connectivity index (χ3n) is 13.0. The number of hydrogen-bond donors (Lipinski definition) is 0. The van der Waals surface area contributed by atoms with Crippen LogP contribution in [0.5, 0.6) is 0 Å². The predicted molar refractivity (Wildman–Crippen MR) is 293 cm³/mol. The van der Waals surface area contributed by atoms with Crippen LogP contribution in [0.15, 0.2) is 97.1 Å². The van der Waals surface area contributed by atoms with Crippen LogP contribution in [0.1, 0.15) is 211 Å². The molecule has 0 aliphatic carbocycles. The Hall–Kier alpha value is -1.94. The SMILES string of the molecule is CC(C)(C)c1cc(P(c2cc(C(C)(C)C)cc(C(C)(C)C)c2)c2ccccc2P(c2cc(C(C)(C)C)cc(C(C)(C)C)c2)c2cc(C(C)(C)C)cc(C(C)(C)C)c2)cc(C(C)(C)C)c1.[Cl-].[Cl-].[Fe+2]. The number of rotatable bonds is 6. The van der Waals surface area contributed by atoms with Gasteiger partial charge in [0.1, 0.15) is 0 Å².